The van der Waals surface area contributed by atoms with Crippen molar-refractivity contribution in [3.63, 3.8) is 0 Å². The van der Waals surface area contributed by atoms with Crippen LogP contribution in [0.2, 0.25) is 0 Å². The molecule has 0 fully saturated rings. The minimum atomic E-state index is 0.883. The van der Waals surface area contributed by atoms with Gasteiger partial charge in [0.2, 0.25) is 0 Å². The van der Waals surface area contributed by atoms with E-state index in [4.69, 9.17) is 0 Å². The number of nitrogens with one attached hydrogen (secondary N) is 1. The van der Waals surface area contributed by atoms with Gasteiger partial charge >= 0.3 is 0 Å². The average Bonchev–Trinajstić information content (AvgIpc) is 2.76. The van der Waals surface area contributed by atoms with Crippen molar-refractivity contribution in [1.82, 2.24) is 4.57 Å². The second-order valence-electron chi connectivity index (χ2n) is 4.51. The summed E-state index contributed by atoms with van der Waals surface area (Å²) >= 11 is 2.35. The molecule has 2 aromatic rings. The lowest BCUT2D eigenvalue weighted by atomic mass is 10.2. The highest BCUT2D eigenvalue weighted by molar-refractivity contribution is 14.1. The van der Waals surface area contributed by atoms with Crippen molar-refractivity contribution in [2.45, 2.75) is 33.4 Å². The van der Waals surface area contributed by atoms with E-state index in [0.717, 1.165) is 13.1 Å². The first-order chi connectivity index (χ1) is 8.70. The summed E-state index contributed by atoms with van der Waals surface area (Å²) in [5, 5.41) is 3.52. The van der Waals surface area contributed by atoms with E-state index in [1.807, 2.05) is 0 Å². The van der Waals surface area contributed by atoms with E-state index in [0.29, 0.717) is 0 Å². The van der Waals surface area contributed by atoms with Crippen molar-refractivity contribution in [2.75, 3.05) is 5.32 Å². The second-order valence-corrected chi connectivity index (χ2v) is 5.75. The third-order valence-electron chi connectivity index (χ3n) is 3.04. The van der Waals surface area contributed by atoms with E-state index in [1.54, 1.807) is 0 Å². The number of hydrogen-bond acceptors (Lipinski definition) is 1. The van der Waals surface area contributed by atoms with Gasteiger partial charge in [-0.25, -0.2) is 0 Å². The molecule has 1 N–H and O–H groups in total. The highest BCUT2D eigenvalue weighted by Crippen LogP contribution is 2.18. The van der Waals surface area contributed by atoms with Crippen LogP contribution in [0, 0.1) is 10.5 Å². The van der Waals surface area contributed by atoms with Gasteiger partial charge in [0.15, 0.2) is 0 Å². The maximum atomic E-state index is 3.52. The van der Waals surface area contributed by atoms with Crippen LogP contribution in [0.1, 0.15) is 24.6 Å². The Balaban J connectivity index is 2.04. The molecule has 1 aromatic carbocycles. The number of anilines is 1. The number of nitrogens with zero attached hydrogens (tertiary/aromatic N) is 1. The maximum absolute atomic E-state index is 3.52. The Bertz CT molecular complexity index is 517. The summed E-state index contributed by atoms with van der Waals surface area (Å²) in [6, 6.07) is 10.8. The Morgan fingerprint density at radius 2 is 2.11 bits per heavy atom. The Hall–Kier alpha value is -0.970. The normalized spacial score (nSPS) is 10.6. The third-order valence-corrected chi connectivity index (χ3v) is 3.71. The lowest BCUT2D eigenvalue weighted by Gasteiger charge is -2.12. The highest BCUT2D eigenvalue weighted by atomic mass is 127. The molecule has 0 spiro atoms. The third kappa shape index (κ3) is 3.28. The topological polar surface area (TPSA) is 17.0 Å². The molecule has 0 saturated heterocycles. The summed E-state index contributed by atoms with van der Waals surface area (Å²) in [5.74, 6) is 0. The fraction of sp³-hybridized carbons (Fsp3) is 0.333. The molecule has 0 bridgehead atoms. The quantitative estimate of drug-likeness (QED) is 0.787. The van der Waals surface area contributed by atoms with Crippen LogP contribution in [0.4, 0.5) is 5.69 Å². The van der Waals surface area contributed by atoms with Gasteiger partial charge in [0.1, 0.15) is 0 Å². The summed E-state index contributed by atoms with van der Waals surface area (Å²) < 4.78 is 3.60. The second kappa shape index (κ2) is 6.27. The van der Waals surface area contributed by atoms with Crippen molar-refractivity contribution in [1.29, 1.82) is 0 Å². The van der Waals surface area contributed by atoms with Gasteiger partial charge in [-0.3, -0.25) is 0 Å². The van der Waals surface area contributed by atoms with Crippen LogP contribution in [0.3, 0.4) is 0 Å². The fourth-order valence-electron chi connectivity index (χ4n) is 2.08. The van der Waals surface area contributed by atoms with Crippen molar-refractivity contribution in [3.05, 3.63) is 51.4 Å². The average molecular weight is 354 g/mol. The summed E-state index contributed by atoms with van der Waals surface area (Å²) in [6.45, 7) is 6.33. The van der Waals surface area contributed by atoms with Crippen LogP contribution in [0.15, 0.2) is 36.5 Å². The molecule has 2 rings (SSSR count). The molecule has 0 aliphatic rings. The first-order valence-electron chi connectivity index (χ1n) is 6.34. The van der Waals surface area contributed by atoms with Gasteiger partial charge < -0.3 is 9.88 Å². The Morgan fingerprint density at radius 3 is 2.83 bits per heavy atom. The van der Waals surface area contributed by atoms with E-state index in [1.165, 1.54) is 26.9 Å². The van der Waals surface area contributed by atoms with Gasteiger partial charge in [-0.2, -0.15) is 0 Å². The van der Waals surface area contributed by atoms with E-state index >= 15 is 0 Å². The molecule has 0 radical (unpaired) electrons. The van der Waals surface area contributed by atoms with Crippen LogP contribution >= 0.6 is 22.6 Å². The van der Waals surface area contributed by atoms with Crippen LogP contribution in [-0.2, 0) is 13.1 Å². The zero-order valence-electron chi connectivity index (χ0n) is 10.9. The molecule has 3 heteroatoms. The van der Waals surface area contributed by atoms with E-state index in [2.05, 4.69) is 82.9 Å². The summed E-state index contributed by atoms with van der Waals surface area (Å²) in [6.07, 6.45) is 3.32. The molecule has 0 aliphatic carbocycles. The minimum absolute atomic E-state index is 0.883. The fourth-order valence-corrected chi connectivity index (χ4v) is 2.73. The molecular weight excluding hydrogens is 335 g/mol. The van der Waals surface area contributed by atoms with Crippen molar-refractivity contribution in [2.24, 2.45) is 0 Å². The molecule has 18 heavy (non-hydrogen) atoms. The number of aromatic nitrogens is 1. The minimum Gasteiger partial charge on any atom is -0.379 e. The molecule has 96 valence electrons. The van der Waals surface area contributed by atoms with Crippen molar-refractivity contribution >= 4 is 28.3 Å². The zero-order chi connectivity index (χ0) is 13.0. The van der Waals surface area contributed by atoms with Gasteiger partial charge in [-0.05, 0) is 71.8 Å². The van der Waals surface area contributed by atoms with Crippen LogP contribution in [0.25, 0.3) is 0 Å². The number of aryl methyl sites for hydroxylation is 2. The van der Waals surface area contributed by atoms with Crippen LogP contribution in [-0.4, -0.2) is 4.57 Å². The maximum Gasteiger partial charge on any atom is 0.0553 e. The van der Waals surface area contributed by atoms with E-state index in [9.17, 15) is 0 Å². The molecular formula is C15H19IN2. The Morgan fingerprint density at radius 1 is 1.28 bits per heavy atom. The summed E-state index contributed by atoms with van der Waals surface area (Å²) in [4.78, 5) is 0. The molecule has 1 aromatic heterocycles. The highest BCUT2D eigenvalue weighted by Gasteiger charge is 2.02. The lowest BCUT2D eigenvalue weighted by Crippen LogP contribution is -2.07. The molecule has 0 atom stereocenters. The predicted molar refractivity (Wildman–Crippen MR) is 85.9 cm³/mol. The molecule has 0 unspecified atom stereocenters. The first kappa shape index (κ1) is 13.5. The van der Waals surface area contributed by atoms with Crippen LogP contribution in [0.5, 0.6) is 0 Å². The van der Waals surface area contributed by atoms with Crippen molar-refractivity contribution < 1.29 is 0 Å². The molecule has 0 amide bonds. The zero-order valence-corrected chi connectivity index (χ0v) is 13.1. The molecule has 1 heterocycles. The van der Waals surface area contributed by atoms with E-state index in [-0.39, 0.29) is 0 Å². The monoisotopic (exact) mass is 354 g/mol. The Kier molecular flexibility index (Phi) is 4.69. The van der Waals surface area contributed by atoms with Gasteiger partial charge in [0.05, 0.1) is 6.54 Å². The number of rotatable bonds is 5. The largest absolute Gasteiger partial charge is 0.379 e. The molecule has 2 nitrogen and oxygen atoms in total. The lowest BCUT2D eigenvalue weighted by molar-refractivity contribution is 0.654. The first-order valence-corrected chi connectivity index (χ1v) is 7.42. The smallest absolute Gasteiger partial charge is 0.0553 e. The number of benzene rings is 1. The predicted octanol–water partition coefficient (Wildman–Crippen LogP) is 4.42. The Labute approximate surface area is 123 Å². The van der Waals surface area contributed by atoms with E-state index < -0.39 is 0 Å². The van der Waals surface area contributed by atoms with Gasteiger partial charge in [0.25, 0.3) is 0 Å². The summed E-state index contributed by atoms with van der Waals surface area (Å²) in [7, 11) is 0. The number of halogens is 1. The number of hydrogen-bond donors (Lipinski definition) is 1. The summed E-state index contributed by atoms with van der Waals surface area (Å²) in [5.41, 5.74) is 3.87. The standard InChI is InChI=1S/C15H19IN2/c1-3-8-18-9-4-5-14(18)11-17-15-7-6-13(16)10-12(15)2/h4-7,9-10,17H,3,8,11H2,1-2H3. The molecule has 0 saturated carbocycles. The van der Waals surface area contributed by atoms with Gasteiger partial charge in [-0.1, -0.05) is 6.92 Å². The van der Waals surface area contributed by atoms with Gasteiger partial charge in [-0.15, -0.1) is 0 Å². The van der Waals surface area contributed by atoms with Crippen molar-refractivity contribution in [3.8, 4) is 0 Å². The molecule has 0 aliphatic heterocycles. The SMILES string of the molecule is CCCn1cccc1CNc1ccc(I)cc1C. The van der Waals surface area contributed by atoms with Gasteiger partial charge in [0, 0.05) is 27.7 Å². The van der Waals surface area contributed by atoms with Crippen LogP contribution < -0.4 is 5.32 Å².